The first-order valence-corrected chi connectivity index (χ1v) is 11.9. The highest BCUT2D eigenvalue weighted by molar-refractivity contribution is 5.12. The van der Waals surface area contributed by atoms with E-state index in [2.05, 4.69) is 98.3 Å². The third-order valence-corrected chi connectivity index (χ3v) is 5.25. The molecule has 0 aliphatic heterocycles. The molecule has 0 heteroatoms. The van der Waals surface area contributed by atoms with Crippen molar-refractivity contribution in [1.29, 1.82) is 0 Å². The van der Waals surface area contributed by atoms with Gasteiger partial charge in [0, 0.05) is 0 Å². The zero-order valence-electron chi connectivity index (χ0n) is 21.4. The van der Waals surface area contributed by atoms with Gasteiger partial charge in [0.15, 0.2) is 0 Å². The van der Waals surface area contributed by atoms with Gasteiger partial charge in [-0.1, -0.05) is 69.9 Å². The van der Waals surface area contributed by atoms with Gasteiger partial charge in [-0.15, -0.1) is 0 Å². The maximum atomic E-state index is 2.43. The van der Waals surface area contributed by atoms with Crippen LogP contribution < -0.4 is 0 Å². The van der Waals surface area contributed by atoms with E-state index in [9.17, 15) is 0 Å². The summed E-state index contributed by atoms with van der Waals surface area (Å²) in [6.07, 6.45) is 26.9. The molecule has 0 spiro atoms. The summed E-state index contributed by atoms with van der Waals surface area (Å²) in [6, 6.07) is 0. The summed E-state index contributed by atoms with van der Waals surface area (Å²) in [5.41, 5.74) is 8.86. The first-order valence-electron chi connectivity index (χ1n) is 11.9. The van der Waals surface area contributed by atoms with Gasteiger partial charge < -0.3 is 0 Å². The Labute approximate surface area is 189 Å². The van der Waals surface area contributed by atoms with Crippen molar-refractivity contribution in [3.05, 3.63) is 76.3 Å². The molecule has 0 aromatic heterocycles. The largest absolute Gasteiger partial charge is 0.0856 e. The van der Waals surface area contributed by atoms with E-state index in [1.54, 1.807) is 0 Å². The van der Waals surface area contributed by atoms with Crippen LogP contribution in [0.2, 0.25) is 0 Å². The highest BCUT2D eigenvalue weighted by Crippen LogP contribution is 2.14. The van der Waals surface area contributed by atoms with Gasteiger partial charge >= 0.3 is 0 Å². The van der Waals surface area contributed by atoms with Crippen molar-refractivity contribution in [3.63, 3.8) is 0 Å². The molecule has 0 aromatic rings. The van der Waals surface area contributed by atoms with Gasteiger partial charge in [0.1, 0.15) is 0 Å². The zero-order chi connectivity index (χ0) is 22.8. The van der Waals surface area contributed by atoms with Crippen LogP contribution in [0, 0.1) is 6.42 Å². The second-order valence-electron chi connectivity index (χ2n) is 9.35. The molecule has 30 heavy (non-hydrogen) atoms. The molecule has 0 saturated heterocycles. The van der Waals surface area contributed by atoms with Crippen LogP contribution in [0.4, 0.5) is 0 Å². The van der Waals surface area contributed by atoms with E-state index >= 15 is 0 Å². The molecule has 0 saturated carbocycles. The molecule has 0 fully saturated rings. The number of allylic oxidation sites excluding steroid dienone is 12. The Morgan fingerprint density at radius 1 is 0.433 bits per heavy atom. The van der Waals surface area contributed by atoms with Gasteiger partial charge in [-0.2, -0.15) is 0 Å². The summed E-state index contributed by atoms with van der Waals surface area (Å²) in [5, 5.41) is 0. The van der Waals surface area contributed by atoms with Gasteiger partial charge in [-0.05, 0) is 120 Å². The Kier molecular flexibility index (Phi) is 17.3. The van der Waals surface area contributed by atoms with Crippen LogP contribution in [0.25, 0.3) is 0 Å². The minimum atomic E-state index is 1.05. The summed E-state index contributed by atoms with van der Waals surface area (Å²) < 4.78 is 0. The standard InChI is InChI=1S/C30H49/c1-25(2)15-11-19-27(5)17-9-10-18-28(6)21-13-23-30(8)24-14-22-29(7)20-12-16-26(3)4/h10,15-18,22-23H,9,11-14,19-21,24H2,1-8H3/b27-17+,28-18+,29-22+,30-23+. The first-order chi connectivity index (χ1) is 14.2. The Bertz CT molecular complexity index is 636. The molecule has 169 valence electrons. The van der Waals surface area contributed by atoms with Gasteiger partial charge in [-0.25, -0.2) is 0 Å². The lowest BCUT2D eigenvalue weighted by molar-refractivity contribution is 0.899. The lowest BCUT2D eigenvalue weighted by Crippen LogP contribution is -1.83. The smallest absolute Gasteiger partial charge is 0.0130 e. The Balaban J connectivity index is 4.06. The fourth-order valence-electron chi connectivity index (χ4n) is 3.20. The molecule has 0 aromatic carbocycles. The normalized spacial score (nSPS) is 13.5. The molecule has 0 heterocycles. The lowest BCUT2D eigenvalue weighted by atomic mass is 10.0. The average Bonchev–Trinajstić information content (AvgIpc) is 2.64. The number of unbranched alkanes of at least 4 members (excludes halogenated alkanes) is 1. The minimum Gasteiger partial charge on any atom is -0.0856 e. The summed E-state index contributed by atoms with van der Waals surface area (Å²) in [5.74, 6) is 0. The first kappa shape index (κ1) is 28.4. The maximum Gasteiger partial charge on any atom is -0.0130 e. The predicted octanol–water partition coefficient (Wildman–Crippen LogP) is 10.4. The van der Waals surface area contributed by atoms with Crippen LogP contribution in [0.1, 0.15) is 113 Å². The van der Waals surface area contributed by atoms with Gasteiger partial charge in [-0.3, -0.25) is 0 Å². The third kappa shape index (κ3) is 19.7. The van der Waals surface area contributed by atoms with E-state index in [-0.39, 0.29) is 0 Å². The zero-order valence-corrected chi connectivity index (χ0v) is 21.4. The highest BCUT2D eigenvalue weighted by atomic mass is 14.0. The van der Waals surface area contributed by atoms with E-state index < -0.39 is 0 Å². The van der Waals surface area contributed by atoms with Crippen molar-refractivity contribution < 1.29 is 0 Å². The molecule has 0 aliphatic carbocycles. The monoisotopic (exact) mass is 409 g/mol. The summed E-state index contributed by atoms with van der Waals surface area (Å²) >= 11 is 0. The van der Waals surface area contributed by atoms with Crippen molar-refractivity contribution in [3.8, 4) is 0 Å². The predicted molar refractivity (Wildman–Crippen MR) is 140 cm³/mol. The van der Waals surface area contributed by atoms with Crippen molar-refractivity contribution in [2.24, 2.45) is 0 Å². The maximum absolute atomic E-state index is 2.43. The molecule has 0 unspecified atom stereocenters. The molecular formula is C30H49. The van der Waals surface area contributed by atoms with Crippen LogP contribution in [0.15, 0.2) is 69.9 Å². The molecule has 0 N–H and O–H groups in total. The SMILES string of the molecule is CC(C)=CCC/C(C)=C/C[CH]/C=C(\C)CC/C=C(\C)CC/C=C(\C)CCC=C(C)C. The van der Waals surface area contributed by atoms with Crippen molar-refractivity contribution >= 4 is 0 Å². The van der Waals surface area contributed by atoms with Gasteiger partial charge in [0.25, 0.3) is 0 Å². The Hall–Kier alpha value is -1.56. The summed E-state index contributed by atoms with van der Waals surface area (Å²) in [4.78, 5) is 0. The third-order valence-electron chi connectivity index (χ3n) is 5.25. The van der Waals surface area contributed by atoms with E-state index in [1.807, 2.05) is 0 Å². The topological polar surface area (TPSA) is 0 Å². The van der Waals surface area contributed by atoms with Gasteiger partial charge in [0.2, 0.25) is 0 Å². The van der Waals surface area contributed by atoms with Crippen molar-refractivity contribution in [2.75, 3.05) is 0 Å². The van der Waals surface area contributed by atoms with Crippen molar-refractivity contribution in [1.82, 2.24) is 0 Å². The molecule has 0 rings (SSSR count). The molecule has 0 bridgehead atoms. The number of hydrogen-bond donors (Lipinski definition) is 0. The molecule has 1 radical (unpaired) electrons. The van der Waals surface area contributed by atoms with Crippen LogP contribution in [-0.2, 0) is 0 Å². The fraction of sp³-hybridized carbons (Fsp3) is 0.567. The average molecular weight is 410 g/mol. The Morgan fingerprint density at radius 3 is 1.23 bits per heavy atom. The fourth-order valence-corrected chi connectivity index (χ4v) is 3.20. The van der Waals surface area contributed by atoms with E-state index in [0.717, 1.165) is 25.7 Å². The second kappa shape index (κ2) is 18.2. The number of rotatable bonds is 15. The molecular weight excluding hydrogens is 360 g/mol. The summed E-state index contributed by atoms with van der Waals surface area (Å²) in [6.45, 7) is 17.7. The minimum absolute atomic E-state index is 1.05. The quantitative estimate of drug-likeness (QED) is 0.186. The number of hydrogen-bond acceptors (Lipinski definition) is 0. The van der Waals surface area contributed by atoms with E-state index in [0.29, 0.717) is 0 Å². The lowest BCUT2D eigenvalue weighted by Gasteiger charge is -2.03. The highest BCUT2D eigenvalue weighted by Gasteiger charge is 1.94. The van der Waals surface area contributed by atoms with Crippen LogP contribution in [0.5, 0.6) is 0 Å². The molecule has 0 atom stereocenters. The van der Waals surface area contributed by atoms with E-state index in [1.165, 1.54) is 65.5 Å². The molecule has 0 aliphatic rings. The van der Waals surface area contributed by atoms with Crippen LogP contribution >= 0.6 is 0 Å². The van der Waals surface area contributed by atoms with Crippen LogP contribution in [-0.4, -0.2) is 0 Å². The van der Waals surface area contributed by atoms with Crippen LogP contribution in [0.3, 0.4) is 0 Å². The molecule has 0 nitrogen and oxygen atoms in total. The van der Waals surface area contributed by atoms with E-state index in [4.69, 9.17) is 0 Å². The summed E-state index contributed by atoms with van der Waals surface area (Å²) in [7, 11) is 0. The van der Waals surface area contributed by atoms with Crippen molar-refractivity contribution in [2.45, 2.75) is 113 Å². The molecule has 0 amide bonds. The Morgan fingerprint density at radius 2 is 0.800 bits per heavy atom. The second-order valence-corrected chi connectivity index (χ2v) is 9.35. The van der Waals surface area contributed by atoms with Gasteiger partial charge in [0.05, 0.1) is 0 Å².